The molecule has 0 atom stereocenters. The van der Waals surface area contributed by atoms with E-state index < -0.39 is 5.91 Å². The van der Waals surface area contributed by atoms with E-state index in [0.29, 0.717) is 11.1 Å². The van der Waals surface area contributed by atoms with Crippen LogP contribution in [0.4, 0.5) is 0 Å². The molecule has 0 aliphatic heterocycles. The molecule has 1 aromatic carbocycles. The maximum Gasteiger partial charge on any atom is 0.249 e. The topological polar surface area (TPSA) is 63.3 Å². The molecule has 2 rings (SSSR count). The van der Waals surface area contributed by atoms with Crippen molar-refractivity contribution in [2.24, 2.45) is 11.1 Å². The zero-order chi connectivity index (χ0) is 21.6. The standard InChI is InChI=1S/C26H33NO2/c1-18(11-16-23-19(2)10-7-17-26(23,4)5)8-6-9-20(3)24(25(27)29)21-12-14-22(28)15-13-21/h6,8-9,11-16,28H,7,10,17H2,1-5H3,(H2,27,29). The summed E-state index contributed by atoms with van der Waals surface area (Å²) in [6, 6.07) is 6.48. The highest BCUT2D eigenvalue weighted by atomic mass is 16.3. The van der Waals surface area contributed by atoms with Gasteiger partial charge in [-0.25, -0.2) is 0 Å². The average Bonchev–Trinajstić information content (AvgIpc) is 2.62. The summed E-state index contributed by atoms with van der Waals surface area (Å²) in [5.74, 6) is -0.331. The van der Waals surface area contributed by atoms with E-state index in [0.717, 1.165) is 11.1 Å². The number of benzene rings is 1. The third kappa shape index (κ3) is 6.08. The largest absolute Gasteiger partial charge is 0.508 e. The first-order valence-electron chi connectivity index (χ1n) is 10.1. The average molecular weight is 392 g/mol. The molecule has 154 valence electrons. The smallest absolute Gasteiger partial charge is 0.249 e. The molecule has 3 heteroatoms. The van der Waals surface area contributed by atoms with Gasteiger partial charge in [-0.05, 0) is 74.3 Å². The minimum Gasteiger partial charge on any atom is -0.508 e. The molecule has 0 bridgehead atoms. The molecule has 0 unspecified atom stereocenters. The van der Waals surface area contributed by atoms with Crippen molar-refractivity contribution < 1.29 is 9.90 Å². The fourth-order valence-corrected chi connectivity index (χ4v) is 3.90. The SMILES string of the molecule is CC(C=CC1=C(C)CCCC1(C)C)=CC=CC(C)=C(C(N)=O)c1ccc(O)cc1. The molecule has 3 N–H and O–H groups in total. The van der Waals surface area contributed by atoms with Gasteiger partial charge in [0.15, 0.2) is 0 Å². The fourth-order valence-electron chi connectivity index (χ4n) is 3.90. The number of allylic oxidation sites excluding steroid dienone is 9. The molecular weight excluding hydrogens is 358 g/mol. The van der Waals surface area contributed by atoms with Crippen molar-refractivity contribution >= 4 is 11.5 Å². The van der Waals surface area contributed by atoms with E-state index in [1.807, 2.05) is 25.2 Å². The van der Waals surface area contributed by atoms with Gasteiger partial charge < -0.3 is 10.8 Å². The Morgan fingerprint density at radius 1 is 1.14 bits per heavy atom. The second-order valence-corrected chi connectivity index (χ2v) is 8.50. The second kappa shape index (κ2) is 9.60. The molecule has 0 radical (unpaired) electrons. The van der Waals surface area contributed by atoms with Crippen LogP contribution >= 0.6 is 0 Å². The van der Waals surface area contributed by atoms with Gasteiger partial charge in [-0.3, -0.25) is 4.79 Å². The number of phenolic OH excluding ortho intramolecular Hbond substituents is 1. The molecule has 1 aliphatic carbocycles. The van der Waals surface area contributed by atoms with E-state index in [-0.39, 0.29) is 11.2 Å². The minimum atomic E-state index is -0.486. The van der Waals surface area contributed by atoms with Crippen LogP contribution < -0.4 is 5.73 Å². The molecule has 0 saturated heterocycles. The van der Waals surface area contributed by atoms with Gasteiger partial charge in [0.2, 0.25) is 5.91 Å². The summed E-state index contributed by atoms with van der Waals surface area (Å²) in [6.07, 6.45) is 13.9. The Hall–Kier alpha value is -2.81. The first-order valence-corrected chi connectivity index (χ1v) is 10.1. The Morgan fingerprint density at radius 3 is 2.38 bits per heavy atom. The number of phenols is 1. The number of hydrogen-bond donors (Lipinski definition) is 2. The van der Waals surface area contributed by atoms with E-state index in [2.05, 4.69) is 39.8 Å². The molecular formula is C26H33NO2. The lowest BCUT2D eigenvalue weighted by Gasteiger charge is -2.32. The molecule has 1 aliphatic rings. The van der Waals surface area contributed by atoms with E-state index in [9.17, 15) is 9.90 Å². The number of primary amides is 1. The number of rotatable bonds is 6. The Labute approximate surface area is 175 Å². The summed E-state index contributed by atoms with van der Waals surface area (Å²) in [4.78, 5) is 11.9. The Kier molecular flexibility index (Phi) is 7.44. The number of nitrogens with two attached hydrogens (primary N) is 1. The highest BCUT2D eigenvalue weighted by Gasteiger charge is 2.26. The van der Waals surface area contributed by atoms with Crippen LogP contribution in [0.1, 0.15) is 59.4 Å². The highest BCUT2D eigenvalue weighted by molar-refractivity contribution is 6.20. The van der Waals surface area contributed by atoms with Gasteiger partial charge >= 0.3 is 0 Å². The maximum absolute atomic E-state index is 11.9. The number of carbonyl (C=O) groups is 1. The first-order chi connectivity index (χ1) is 13.6. The Bertz CT molecular complexity index is 907. The van der Waals surface area contributed by atoms with E-state index in [1.165, 1.54) is 30.4 Å². The van der Waals surface area contributed by atoms with Crippen molar-refractivity contribution in [1.82, 2.24) is 0 Å². The molecule has 1 aromatic rings. The van der Waals surface area contributed by atoms with Crippen molar-refractivity contribution in [3.05, 3.63) is 82.5 Å². The lowest BCUT2D eigenvalue weighted by Crippen LogP contribution is -2.19. The second-order valence-electron chi connectivity index (χ2n) is 8.50. The van der Waals surface area contributed by atoms with Crippen LogP contribution in [0.25, 0.3) is 5.57 Å². The normalized spacial score (nSPS) is 18.4. The van der Waals surface area contributed by atoms with Crippen LogP contribution in [0, 0.1) is 5.41 Å². The lowest BCUT2D eigenvalue weighted by atomic mass is 9.72. The van der Waals surface area contributed by atoms with Crippen molar-refractivity contribution in [1.29, 1.82) is 0 Å². The molecule has 0 fully saturated rings. The van der Waals surface area contributed by atoms with Crippen LogP contribution in [-0.2, 0) is 4.79 Å². The molecule has 29 heavy (non-hydrogen) atoms. The van der Waals surface area contributed by atoms with Crippen molar-refractivity contribution in [2.45, 2.75) is 53.9 Å². The summed E-state index contributed by atoms with van der Waals surface area (Å²) in [5, 5.41) is 9.45. The van der Waals surface area contributed by atoms with Crippen LogP contribution in [0.3, 0.4) is 0 Å². The van der Waals surface area contributed by atoms with Crippen molar-refractivity contribution in [2.75, 3.05) is 0 Å². The van der Waals surface area contributed by atoms with Crippen molar-refractivity contribution in [3.8, 4) is 5.75 Å². The molecule has 0 saturated carbocycles. The molecule has 0 spiro atoms. The fraction of sp³-hybridized carbons (Fsp3) is 0.346. The van der Waals surface area contributed by atoms with Gasteiger partial charge in [-0.15, -0.1) is 0 Å². The zero-order valence-corrected chi connectivity index (χ0v) is 18.3. The van der Waals surface area contributed by atoms with Gasteiger partial charge in [-0.1, -0.05) is 67.5 Å². The predicted octanol–water partition coefficient (Wildman–Crippen LogP) is 6.24. The molecule has 3 nitrogen and oxygen atoms in total. The lowest BCUT2D eigenvalue weighted by molar-refractivity contribution is -0.112. The summed E-state index contributed by atoms with van der Waals surface area (Å²) >= 11 is 0. The van der Waals surface area contributed by atoms with Crippen LogP contribution in [-0.4, -0.2) is 11.0 Å². The van der Waals surface area contributed by atoms with Crippen LogP contribution in [0.2, 0.25) is 0 Å². The summed E-state index contributed by atoms with van der Waals surface area (Å²) in [7, 11) is 0. The summed E-state index contributed by atoms with van der Waals surface area (Å²) in [5.41, 5.74) is 11.8. The monoisotopic (exact) mass is 391 g/mol. The Balaban J connectivity index is 2.21. The molecule has 0 aromatic heterocycles. The van der Waals surface area contributed by atoms with E-state index in [1.54, 1.807) is 24.3 Å². The number of aromatic hydroxyl groups is 1. The van der Waals surface area contributed by atoms with Gasteiger partial charge in [0.25, 0.3) is 0 Å². The zero-order valence-electron chi connectivity index (χ0n) is 18.3. The van der Waals surface area contributed by atoms with Crippen LogP contribution in [0.5, 0.6) is 5.75 Å². The number of amides is 1. The number of carbonyl (C=O) groups excluding carboxylic acids is 1. The summed E-state index contributed by atoms with van der Waals surface area (Å²) < 4.78 is 0. The van der Waals surface area contributed by atoms with Crippen LogP contribution in [0.15, 0.2) is 76.9 Å². The van der Waals surface area contributed by atoms with Gasteiger partial charge in [0.05, 0.1) is 0 Å². The van der Waals surface area contributed by atoms with Gasteiger partial charge in [0.1, 0.15) is 5.75 Å². The number of hydrogen-bond acceptors (Lipinski definition) is 2. The molecule has 1 amide bonds. The third-order valence-corrected chi connectivity index (χ3v) is 5.56. The predicted molar refractivity (Wildman–Crippen MR) is 122 cm³/mol. The highest BCUT2D eigenvalue weighted by Crippen LogP contribution is 2.40. The Morgan fingerprint density at radius 2 is 1.79 bits per heavy atom. The van der Waals surface area contributed by atoms with E-state index in [4.69, 9.17) is 5.73 Å². The van der Waals surface area contributed by atoms with Crippen molar-refractivity contribution in [3.63, 3.8) is 0 Å². The first kappa shape index (κ1) is 22.5. The van der Waals surface area contributed by atoms with E-state index >= 15 is 0 Å². The molecule has 0 heterocycles. The van der Waals surface area contributed by atoms with Gasteiger partial charge in [0, 0.05) is 5.57 Å². The third-order valence-electron chi connectivity index (χ3n) is 5.56. The minimum absolute atomic E-state index is 0.155. The summed E-state index contributed by atoms with van der Waals surface area (Å²) in [6.45, 7) is 10.8. The quantitative estimate of drug-likeness (QED) is 0.445. The van der Waals surface area contributed by atoms with Gasteiger partial charge in [-0.2, -0.15) is 0 Å². The maximum atomic E-state index is 11.9.